The summed E-state index contributed by atoms with van der Waals surface area (Å²) in [5, 5.41) is 14.3. The van der Waals surface area contributed by atoms with Crippen LogP contribution in [0.15, 0.2) is 36.4 Å². The van der Waals surface area contributed by atoms with Crippen LogP contribution in [-0.4, -0.2) is 39.9 Å². The monoisotopic (exact) mass is 580 g/mol. The largest absolute Gasteiger partial charge is 0.445 e. The molecule has 0 aliphatic carbocycles. The number of carbonyl (C=O) groups is 2. The summed E-state index contributed by atoms with van der Waals surface area (Å²) in [6, 6.07) is 6.31. The molecule has 0 spiro atoms. The molecule has 3 N–H and O–H groups in total. The zero-order valence-electron chi connectivity index (χ0n) is 18.2. The molecule has 0 saturated heterocycles. The van der Waals surface area contributed by atoms with Gasteiger partial charge in [-0.2, -0.15) is 26.3 Å². The van der Waals surface area contributed by atoms with E-state index in [-0.39, 0.29) is 28.1 Å². The highest BCUT2D eigenvalue weighted by molar-refractivity contribution is 6.67. The lowest BCUT2D eigenvalue weighted by Crippen LogP contribution is -2.54. The van der Waals surface area contributed by atoms with Crippen LogP contribution in [0.1, 0.15) is 27.0 Å². The SMILES string of the molecule is Cc1cc(C(O)(C(F)(F)F)C(F)(F)F)cc(C)c1NC(=O)c1cccc(NC(=O)OCC(Cl)(Cl)Cl)c1. The number of anilines is 2. The molecule has 0 heterocycles. The molecule has 0 fully saturated rings. The summed E-state index contributed by atoms with van der Waals surface area (Å²) in [5.41, 5.74) is -6.90. The number of aliphatic hydroxyl groups is 1. The van der Waals surface area contributed by atoms with E-state index in [1.54, 1.807) is 0 Å². The van der Waals surface area contributed by atoms with Crippen molar-refractivity contribution in [1.82, 2.24) is 0 Å². The Morgan fingerprint density at radius 3 is 1.92 bits per heavy atom. The van der Waals surface area contributed by atoms with Crippen LogP contribution in [0.3, 0.4) is 0 Å². The molecular formula is C21H17Cl3F6N2O4. The Kier molecular flexibility index (Phi) is 8.72. The minimum Gasteiger partial charge on any atom is -0.445 e. The van der Waals surface area contributed by atoms with Crippen LogP contribution in [-0.2, 0) is 10.3 Å². The van der Waals surface area contributed by atoms with Crippen molar-refractivity contribution < 1.29 is 45.8 Å². The van der Waals surface area contributed by atoms with E-state index in [4.69, 9.17) is 39.5 Å². The first-order valence-electron chi connectivity index (χ1n) is 9.66. The second-order valence-electron chi connectivity index (χ2n) is 7.54. The number of rotatable bonds is 5. The molecule has 36 heavy (non-hydrogen) atoms. The topological polar surface area (TPSA) is 87.7 Å². The van der Waals surface area contributed by atoms with Gasteiger partial charge in [0.2, 0.25) is 3.79 Å². The lowest BCUT2D eigenvalue weighted by atomic mass is 9.89. The maximum absolute atomic E-state index is 13.2. The molecule has 0 bridgehead atoms. The average Bonchev–Trinajstić information content (AvgIpc) is 2.72. The molecule has 0 aliphatic heterocycles. The van der Waals surface area contributed by atoms with Crippen LogP contribution in [0.4, 0.5) is 42.5 Å². The summed E-state index contributed by atoms with van der Waals surface area (Å²) in [7, 11) is 0. The number of carbonyl (C=O) groups excluding carboxylic acids is 2. The fourth-order valence-corrected chi connectivity index (χ4v) is 3.25. The van der Waals surface area contributed by atoms with Gasteiger partial charge in [-0.05, 0) is 43.2 Å². The van der Waals surface area contributed by atoms with Gasteiger partial charge in [-0.25, -0.2) is 4.79 Å². The zero-order valence-corrected chi connectivity index (χ0v) is 20.5. The van der Waals surface area contributed by atoms with Gasteiger partial charge in [-0.1, -0.05) is 53.0 Å². The second kappa shape index (κ2) is 10.5. The molecule has 2 rings (SSSR count). The van der Waals surface area contributed by atoms with E-state index in [1.165, 1.54) is 24.3 Å². The third kappa shape index (κ3) is 6.87. The van der Waals surface area contributed by atoms with E-state index in [2.05, 4.69) is 10.6 Å². The van der Waals surface area contributed by atoms with Gasteiger partial charge in [-0.3, -0.25) is 10.1 Å². The minimum absolute atomic E-state index is 0.0286. The van der Waals surface area contributed by atoms with Gasteiger partial charge in [0.15, 0.2) is 0 Å². The predicted octanol–water partition coefficient (Wildman–Crippen LogP) is 6.79. The minimum atomic E-state index is -6.05. The van der Waals surface area contributed by atoms with E-state index >= 15 is 0 Å². The number of alkyl halides is 9. The molecule has 2 aromatic carbocycles. The first-order valence-corrected chi connectivity index (χ1v) is 10.8. The van der Waals surface area contributed by atoms with Crippen LogP contribution in [0.5, 0.6) is 0 Å². The Morgan fingerprint density at radius 1 is 0.917 bits per heavy atom. The number of ether oxygens (including phenoxy) is 1. The van der Waals surface area contributed by atoms with Crippen molar-refractivity contribution in [2.24, 2.45) is 0 Å². The van der Waals surface area contributed by atoms with Gasteiger partial charge in [-0.15, -0.1) is 0 Å². The van der Waals surface area contributed by atoms with Crippen molar-refractivity contribution in [1.29, 1.82) is 0 Å². The molecule has 6 nitrogen and oxygen atoms in total. The van der Waals surface area contributed by atoms with Crippen molar-refractivity contribution >= 4 is 58.2 Å². The first-order chi connectivity index (χ1) is 16.3. The van der Waals surface area contributed by atoms with Gasteiger partial charge in [0, 0.05) is 22.5 Å². The number of nitrogens with one attached hydrogen (secondary N) is 2. The molecule has 0 aliphatic rings. The molecule has 0 aromatic heterocycles. The zero-order chi connectivity index (χ0) is 27.7. The molecule has 0 atom stereocenters. The maximum atomic E-state index is 13.2. The highest BCUT2D eigenvalue weighted by Crippen LogP contribution is 2.50. The Labute approximate surface area is 215 Å². The molecule has 0 unspecified atom stereocenters. The van der Waals surface area contributed by atoms with Gasteiger partial charge < -0.3 is 15.2 Å². The van der Waals surface area contributed by atoms with Gasteiger partial charge in [0.25, 0.3) is 11.5 Å². The molecule has 0 radical (unpaired) electrons. The first kappa shape index (κ1) is 29.8. The lowest BCUT2D eigenvalue weighted by molar-refractivity contribution is -0.376. The van der Waals surface area contributed by atoms with Crippen molar-refractivity contribution in [3.05, 3.63) is 58.7 Å². The summed E-state index contributed by atoms with van der Waals surface area (Å²) >= 11 is 16.4. The van der Waals surface area contributed by atoms with Gasteiger partial charge >= 0.3 is 18.4 Å². The van der Waals surface area contributed by atoms with E-state index in [0.29, 0.717) is 12.1 Å². The molecule has 2 amide bonds. The summed E-state index contributed by atoms with van der Waals surface area (Å²) in [4.78, 5) is 24.5. The van der Waals surface area contributed by atoms with Crippen LogP contribution in [0, 0.1) is 13.8 Å². The van der Waals surface area contributed by atoms with E-state index in [1.807, 2.05) is 0 Å². The second-order valence-corrected chi connectivity index (χ2v) is 10.1. The summed E-state index contributed by atoms with van der Waals surface area (Å²) in [6.07, 6.45) is -13.1. The molecular weight excluding hydrogens is 565 g/mol. The molecule has 0 saturated carbocycles. The normalized spacial score (nSPS) is 12.8. The number of benzene rings is 2. The summed E-state index contributed by atoms with van der Waals surface area (Å²) in [6.45, 7) is 1.77. The fraction of sp³-hybridized carbons (Fsp3) is 0.333. The standard InChI is InChI=1S/C21H17Cl3F6N2O4/c1-10-6-13(19(35,20(25,26)27)21(28,29)30)7-11(2)15(10)32-16(33)12-4-3-5-14(8-12)31-17(34)36-9-18(22,23)24/h3-8,35H,9H2,1-2H3,(H,31,34)(H,32,33). The van der Waals surface area contributed by atoms with E-state index in [9.17, 15) is 41.0 Å². The van der Waals surface area contributed by atoms with Crippen LogP contribution in [0.25, 0.3) is 0 Å². The van der Waals surface area contributed by atoms with Crippen molar-refractivity contribution in [3.8, 4) is 0 Å². The third-order valence-electron chi connectivity index (χ3n) is 4.75. The van der Waals surface area contributed by atoms with E-state index < -0.39 is 45.9 Å². The smallest absolute Gasteiger partial charge is 0.430 e. The van der Waals surface area contributed by atoms with Crippen molar-refractivity contribution in [2.45, 2.75) is 35.6 Å². The molecule has 15 heteroatoms. The summed E-state index contributed by atoms with van der Waals surface area (Å²) in [5.74, 6) is -0.797. The Morgan fingerprint density at radius 2 is 1.44 bits per heavy atom. The van der Waals surface area contributed by atoms with Crippen molar-refractivity contribution in [3.63, 3.8) is 0 Å². The fourth-order valence-electron chi connectivity index (χ4n) is 3.08. The number of hydrogen-bond acceptors (Lipinski definition) is 4. The van der Waals surface area contributed by atoms with Gasteiger partial charge in [0.05, 0.1) is 0 Å². The molecule has 2 aromatic rings. The van der Waals surface area contributed by atoms with Crippen LogP contribution >= 0.6 is 34.8 Å². The third-order valence-corrected chi connectivity index (χ3v) is 5.07. The highest BCUT2D eigenvalue weighted by atomic mass is 35.6. The summed E-state index contributed by atoms with van der Waals surface area (Å²) < 4.78 is 82.2. The Bertz CT molecular complexity index is 1110. The predicted molar refractivity (Wildman–Crippen MR) is 122 cm³/mol. The highest BCUT2D eigenvalue weighted by Gasteiger charge is 2.71. The quantitative estimate of drug-likeness (QED) is 0.268. The lowest BCUT2D eigenvalue weighted by Gasteiger charge is -2.33. The Hall–Kier alpha value is -2.41. The Balaban J connectivity index is 2.29. The number of amides is 2. The number of hydrogen-bond donors (Lipinski definition) is 3. The maximum Gasteiger partial charge on any atom is 0.430 e. The van der Waals surface area contributed by atoms with Crippen molar-refractivity contribution in [2.75, 3.05) is 17.2 Å². The average molecular weight is 582 g/mol. The van der Waals surface area contributed by atoms with Crippen LogP contribution in [0.2, 0.25) is 0 Å². The molecule has 198 valence electrons. The van der Waals surface area contributed by atoms with Crippen LogP contribution < -0.4 is 10.6 Å². The van der Waals surface area contributed by atoms with E-state index in [0.717, 1.165) is 13.8 Å². The number of aryl methyl sites for hydroxylation is 2. The number of halogens is 9. The van der Waals surface area contributed by atoms with Gasteiger partial charge in [0.1, 0.15) is 6.61 Å².